The van der Waals surface area contributed by atoms with E-state index in [9.17, 15) is 0 Å². The van der Waals surface area contributed by atoms with E-state index < -0.39 is 0 Å². The van der Waals surface area contributed by atoms with Crippen molar-refractivity contribution < 1.29 is 9.47 Å². The average Bonchev–Trinajstić information content (AvgIpc) is 2.83. The summed E-state index contributed by atoms with van der Waals surface area (Å²) in [4.78, 5) is 2.76. The zero-order valence-corrected chi connectivity index (χ0v) is 20.1. The van der Waals surface area contributed by atoms with Crippen LogP contribution in [0.1, 0.15) is 56.7 Å². The van der Waals surface area contributed by atoms with Gasteiger partial charge in [0, 0.05) is 18.6 Å². The topological polar surface area (TPSA) is 33.7 Å². The lowest BCUT2D eigenvalue weighted by atomic mass is 9.71. The van der Waals surface area contributed by atoms with Gasteiger partial charge in [0.1, 0.15) is 0 Å². The molecule has 1 fully saturated rings. The van der Waals surface area contributed by atoms with Crippen LogP contribution in [0.5, 0.6) is 11.5 Å². The van der Waals surface area contributed by atoms with Crippen LogP contribution in [0.2, 0.25) is 0 Å². The average molecular weight is 435 g/mol. The molecule has 172 valence electrons. The predicted molar refractivity (Wildman–Crippen MR) is 130 cm³/mol. The highest BCUT2D eigenvalue weighted by molar-refractivity contribution is 5.50. The molecule has 32 heavy (non-hydrogen) atoms. The van der Waals surface area contributed by atoms with E-state index in [1.165, 1.54) is 30.5 Å². The highest BCUT2D eigenvalue weighted by Gasteiger charge is 2.39. The Morgan fingerprint density at radius 1 is 1.12 bits per heavy atom. The predicted octanol–water partition coefficient (Wildman–Crippen LogP) is 5.21. The molecule has 0 amide bonds. The van der Waals surface area contributed by atoms with Gasteiger partial charge in [-0.3, -0.25) is 4.90 Å². The maximum absolute atomic E-state index is 5.64. The molecule has 1 aliphatic carbocycles. The fourth-order valence-corrected chi connectivity index (χ4v) is 6.52. The summed E-state index contributed by atoms with van der Waals surface area (Å²) in [5.41, 5.74) is 7.80. The lowest BCUT2D eigenvalue weighted by molar-refractivity contribution is 0.150. The first-order valence-electron chi connectivity index (χ1n) is 12.4. The fourth-order valence-electron chi connectivity index (χ4n) is 6.52. The molecule has 4 atom stereocenters. The van der Waals surface area contributed by atoms with Gasteiger partial charge in [0.15, 0.2) is 11.5 Å². The van der Waals surface area contributed by atoms with E-state index in [1.54, 1.807) is 30.9 Å². The molecule has 1 N–H and O–H groups in total. The van der Waals surface area contributed by atoms with E-state index in [0.29, 0.717) is 18.0 Å². The Kier molecular flexibility index (Phi) is 6.18. The molecule has 4 aliphatic rings. The molecule has 3 heterocycles. The summed E-state index contributed by atoms with van der Waals surface area (Å²) in [6.07, 6.45) is 12.9. The standard InChI is InChI=1S/C28H38N2O2/c1-5-19-17-30-12-10-22-18(2)7-6-8-23(22)26(30)14-21(19)13-25-24-16-28(32-4)27(31-3)15-20(24)9-11-29-25/h6-8,15-16,18,22,25-26,29H,5,9-14,17H2,1-4H3. The minimum absolute atomic E-state index is 0.347. The van der Waals surface area contributed by atoms with Crippen molar-refractivity contribution in [1.82, 2.24) is 10.2 Å². The molecule has 4 nitrogen and oxygen atoms in total. The summed E-state index contributed by atoms with van der Waals surface area (Å²) in [5.74, 6) is 3.08. The second-order valence-corrected chi connectivity index (χ2v) is 9.92. The van der Waals surface area contributed by atoms with Gasteiger partial charge < -0.3 is 14.8 Å². The van der Waals surface area contributed by atoms with Crippen molar-refractivity contribution in [2.45, 2.75) is 58.0 Å². The minimum Gasteiger partial charge on any atom is -0.493 e. The second kappa shape index (κ2) is 9.07. The molecular formula is C28H38N2O2. The van der Waals surface area contributed by atoms with Crippen LogP contribution in [0.3, 0.4) is 0 Å². The Balaban J connectivity index is 1.43. The van der Waals surface area contributed by atoms with Crippen molar-refractivity contribution in [2.24, 2.45) is 11.8 Å². The summed E-state index contributed by atoms with van der Waals surface area (Å²) < 4.78 is 11.2. The molecule has 0 spiro atoms. The number of fused-ring (bicyclic) bond motifs is 4. The van der Waals surface area contributed by atoms with Crippen LogP contribution in [-0.4, -0.2) is 44.8 Å². The van der Waals surface area contributed by atoms with Crippen molar-refractivity contribution in [3.05, 3.63) is 58.2 Å². The van der Waals surface area contributed by atoms with Gasteiger partial charge in [-0.25, -0.2) is 0 Å². The molecule has 0 bridgehead atoms. The van der Waals surface area contributed by atoms with Crippen LogP contribution in [0, 0.1) is 11.8 Å². The van der Waals surface area contributed by atoms with E-state index in [-0.39, 0.29) is 0 Å². The van der Waals surface area contributed by atoms with Crippen molar-refractivity contribution >= 4 is 0 Å². The Labute approximate surface area is 193 Å². The Bertz CT molecular complexity index is 960. The lowest BCUT2D eigenvalue weighted by Crippen LogP contribution is -2.49. The molecular weight excluding hydrogens is 396 g/mol. The number of allylic oxidation sites excluding steroid dienone is 3. The molecule has 0 aromatic heterocycles. The quantitative estimate of drug-likeness (QED) is 0.645. The molecule has 3 aliphatic heterocycles. The maximum atomic E-state index is 5.64. The van der Waals surface area contributed by atoms with Crippen LogP contribution in [0.15, 0.2) is 47.1 Å². The number of ether oxygens (including phenoxy) is 2. The number of hydrogen-bond donors (Lipinski definition) is 1. The molecule has 4 unspecified atom stereocenters. The fraction of sp³-hybridized carbons (Fsp3) is 0.571. The first kappa shape index (κ1) is 21.8. The SMILES string of the molecule is CCC1=C(CC2NCCc3cc(OC)c(OC)cc32)CC2C3=CC=CC(C)C3CCN2C1. The number of benzene rings is 1. The van der Waals surface area contributed by atoms with E-state index in [2.05, 4.69) is 54.4 Å². The molecule has 1 saturated heterocycles. The number of hydrogen-bond acceptors (Lipinski definition) is 4. The molecule has 4 heteroatoms. The van der Waals surface area contributed by atoms with Gasteiger partial charge in [-0.2, -0.15) is 0 Å². The van der Waals surface area contributed by atoms with Crippen molar-refractivity contribution in [2.75, 3.05) is 33.9 Å². The molecule has 5 rings (SSSR count). The number of nitrogens with one attached hydrogen (secondary N) is 1. The number of methoxy groups -OCH3 is 2. The third-order valence-corrected chi connectivity index (χ3v) is 8.34. The van der Waals surface area contributed by atoms with Crippen LogP contribution in [-0.2, 0) is 6.42 Å². The van der Waals surface area contributed by atoms with Crippen LogP contribution >= 0.6 is 0 Å². The summed E-state index contributed by atoms with van der Waals surface area (Å²) in [7, 11) is 3.46. The number of piperidine rings is 1. The van der Waals surface area contributed by atoms with Crippen LogP contribution < -0.4 is 14.8 Å². The number of nitrogens with zero attached hydrogens (tertiary/aromatic N) is 1. The van der Waals surface area contributed by atoms with E-state index >= 15 is 0 Å². The van der Waals surface area contributed by atoms with Gasteiger partial charge >= 0.3 is 0 Å². The minimum atomic E-state index is 0.347. The zero-order valence-electron chi connectivity index (χ0n) is 20.1. The largest absolute Gasteiger partial charge is 0.493 e. The lowest BCUT2D eigenvalue weighted by Gasteiger charge is -2.48. The summed E-state index contributed by atoms with van der Waals surface area (Å²) in [6, 6.07) is 5.32. The zero-order chi connectivity index (χ0) is 22.2. The van der Waals surface area contributed by atoms with Crippen molar-refractivity contribution in [3.63, 3.8) is 0 Å². The van der Waals surface area contributed by atoms with Crippen LogP contribution in [0.25, 0.3) is 0 Å². The summed E-state index contributed by atoms with van der Waals surface area (Å²) in [5, 5.41) is 3.82. The third kappa shape index (κ3) is 3.82. The first-order valence-corrected chi connectivity index (χ1v) is 12.4. The van der Waals surface area contributed by atoms with Crippen molar-refractivity contribution in [1.29, 1.82) is 0 Å². The van der Waals surface area contributed by atoms with Gasteiger partial charge in [0.05, 0.1) is 14.2 Å². The van der Waals surface area contributed by atoms with E-state index in [0.717, 1.165) is 49.8 Å². The summed E-state index contributed by atoms with van der Waals surface area (Å²) >= 11 is 0. The smallest absolute Gasteiger partial charge is 0.161 e. The molecule has 0 radical (unpaired) electrons. The Morgan fingerprint density at radius 2 is 1.94 bits per heavy atom. The normalized spacial score (nSPS) is 29.7. The van der Waals surface area contributed by atoms with Gasteiger partial charge in [0.2, 0.25) is 0 Å². The van der Waals surface area contributed by atoms with Gasteiger partial charge in [-0.05, 0) is 85.9 Å². The third-order valence-electron chi connectivity index (χ3n) is 8.34. The Morgan fingerprint density at radius 3 is 2.72 bits per heavy atom. The van der Waals surface area contributed by atoms with Gasteiger partial charge in [-0.15, -0.1) is 0 Å². The maximum Gasteiger partial charge on any atom is 0.161 e. The van der Waals surface area contributed by atoms with E-state index in [1.807, 2.05) is 0 Å². The van der Waals surface area contributed by atoms with E-state index in [4.69, 9.17) is 9.47 Å². The van der Waals surface area contributed by atoms with Gasteiger partial charge in [0.25, 0.3) is 0 Å². The number of rotatable bonds is 5. The second-order valence-electron chi connectivity index (χ2n) is 9.92. The first-order chi connectivity index (χ1) is 15.6. The monoisotopic (exact) mass is 434 g/mol. The highest BCUT2D eigenvalue weighted by Crippen LogP contribution is 2.44. The van der Waals surface area contributed by atoms with Crippen LogP contribution in [0.4, 0.5) is 0 Å². The van der Waals surface area contributed by atoms with Gasteiger partial charge in [-0.1, -0.05) is 43.2 Å². The Hall–Kier alpha value is -2.04. The molecule has 0 saturated carbocycles. The molecule has 1 aromatic rings. The highest BCUT2D eigenvalue weighted by atomic mass is 16.5. The summed E-state index contributed by atoms with van der Waals surface area (Å²) in [6.45, 7) is 8.13. The molecule has 1 aromatic carbocycles. The van der Waals surface area contributed by atoms with Crippen molar-refractivity contribution in [3.8, 4) is 11.5 Å².